The predicted octanol–water partition coefficient (Wildman–Crippen LogP) is 6.58. The summed E-state index contributed by atoms with van der Waals surface area (Å²) >= 11 is 7.04. The molecule has 0 spiro atoms. The van der Waals surface area contributed by atoms with Gasteiger partial charge in [-0.15, -0.1) is 10.2 Å². The molecule has 0 saturated carbocycles. The quantitative estimate of drug-likeness (QED) is 0.297. The van der Waals surface area contributed by atoms with E-state index in [0.29, 0.717) is 27.4 Å². The summed E-state index contributed by atoms with van der Waals surface area (Å²) in [6.45, 7) is 12.2. The molecule has 2 aromatic carbocycles. The Morgan fingerprint density at radius 2 is 1.61 bits per heavy atom. The van der Waals surface area contributed by atoms with Crippen LogP contribution in [0, 0.1) is 0 Å². The zero-order chi connectivity index (χ0) is 24.4. The Morgan fingerprint density at radius 1 is 1.03 bits per heavy atom. The minimum absolute atomic E-state index is 0.0758. The first-order valence-electron chi connectivity index (χ1n) is 10.6. The number of aromatic nitrogens is 2. The average molecular weight is 489 g/mol. The van der Waals surface area contributed by atoms with Gasteiger partial charge < -0.3 is 14.3 Å². The molecule has 3 aromatic rings. The number of hydrogen-bond donors (Lipinski definition) is 1. The van der Waals surface area contributed by atoms with Crippen LogP contribution in [0.15, 0.2) is 46.0 Å². The monoisotopic (exact) mass is 488 g/mol. The molecule has 0 atom stereocenters. The molecular formula is C25H29ClN2O4S. The molecule has 0 amide bonds. The van der Waals surface area contributed by atoms with Crippen molar-refractivity contribution < 1.29 is 19.1 Å². The molecule has 0 aliphatic carbocycles. The smallest absolute Gasteiger partial charge is 0.277 e. The van der Waals surface area contributed by atoms with Crippen molar-refractivity contribution in [1.29, 1.82) is 0 Å². The minimum atomic E-state index is -0.307. The summed E-state index contributed by atoms with van der Waals surface area (Å²) in [6.07, 6.45) is 0. The number of rotatable bonds is 7. The van der Waals surface area contributed by atoms with E-state index in [4.69, 9.17) is 20.8 Å². The molecule has 1 heterocycles. The van der Waals surface area contributed by atoms with E-state index in [0.717, 1.165) is 11.1 Å². The number of aromatic hydroxyl groups is 1. The van der Waals surface area contributed by atoms with Gasteiger partial charge in [-0.1, -0.05) is 64.9 Å². The minimum Gasteiger partial charge on any atom is -0.507 e. The third-order valence-corrected chi connectivity index (χ3v) is 6.07. The lowest BCUT2D eigenvalue weighted by atomic mass is 9.78. The third-order valence-electron chi connectivity index (χ3n) is 5.00. The number of phenolic OH excluding ortho intramolecular Hbond substituents is 1. The Morgan fingerprint density at radius 3 is 2.15 bits per heavy atom. The van der Waals surface area contributed by atoms with E-state index in [9.17, 15) is 9.90 Å². The summed E-state index contributed by atoms with van der Waals surface area (Å²) in [4.78, 5) is 13.0. The van der Waals surface area contributed by atoms with E-state index in [1.54, 1.807) is 36.4 Å². The van der Waals surface area contributed by atoms with Gasteiger partial charge in [0, 0.05) is 21.7 Å². The van der Waals surface area contributed by atoms with Crippen LogP contribution in [0.4, 0.5) is 0 Å². The summed E-state index contributed by atoms with van der Waals surface area (Å²) in [5.41, 5.74) is 1.45. The normalized spacial score (nSPS) is 12.1. The van der Waals surface area contributed by atoms with Crippen LogP contribution in [0.2, 0.25) is 5.02 Å². The van der Waals surface area contributed by atoms with Gasteiger partial charge in [-0.05, 0) is 47.2 Å². The van der Waals surface area contributed by atoms with Crippen LogP contribution < -0.4 is 4.74 Å². The van der Waals surface area contributed by atoms with Gasteiger partial charge in [0.2, 0.25) is 0 Å². The number of Topliss-reactive ketones (excluding diaryl/α,β-unsaturated/α-hetero) is 1. The fourth-order valence-corrected chi connectivity index (χ4v) is 3.98. The van der Waals surface area contributed by atoms with Gasteiger partial charge in [0.05, 0.1) is 5.75 Å². The Hall–Kier alpha value is -2.51. The first-order valence-corrected chi connectivity index (χ1v) is 12.0. The van der Waals surface area contributed by atoms with Crippen molar-refractivity contribution in [3.05, 3.63) is 64.0 Å². The standard InChI is InChI=1S/C25H29ClN2O4S/c1-24(2,3)18-11-15(12-19(22(18)30)25(4,5)6)20(29)14-33-23-28-27-21(32-23)13-31-17-9-7-16(26)8-10-17/h7-12,30H,13-14H2,1-6H3. The molecule has 176 valence electrons. The molecule has 0 radical (unpaired) electrons. The Bertz CT molecular complexity index is 1090. The van der Waals surface area contributed by atoms with Crippen LogP contribution in [-0.4, -0.2) is 26.8 Å². The number of halogens is 1. The van der Waals surface area contributed by atoms with Crippen LogP contribution in [0.1, 0.15) is 68.9 Å². The van der Waals surface area contributed by atoms with Crippen molar-refractivity contribution in [1.82, 2.24) is 10.2 Å². The van der Waals surface area contributed by atoms with Crippen molar-refractivity contribution in [3.63, 3.8) is 0 Å². The van der Waals surface area contributed by atoms with Crippen molar-refractivity contribution >= 4 is 29.1 Å². The molecular weight excluding hydrogens is 460 g/mol. The molecule has 1 N–H and O–H groups in total. The van der Waals surface area contributed by atoms with Gasteiger partial charge in [-0.3, -0.25) is 4.79 Å². The summed E-state index contributed by atoms with van der Waals surface area (Å²) in [5.74, 6) is 1.26. The maximum absolute atomic E-state index is 13.0. The maximum Gasteiger partial charge on any atom is 0.277 e. The number of hydrogen-bond acceptors (Lipinski definition) is 7. The van der Waals surface area contributed by atoms with Crippen molar-refractivity contribution in [2.75, 3.05) is 5.75 Å². The summed E-state index contributed by atoms with van der Waals surface area (Å²) in [5, 5.41) is 19.7. The van der Waals surface area contributed by atoms with Gasteiger partial charge in [0.15, 0.2) is 12.4 Å². The molecule has 0 aliphatic rings. The van der Waals surface area contributed by atoms with Gasteiger partial charge in [-0.25, -0.2) is 0 Å². The fraction of sp³-hybridized carbons (Fsp3) is 0.400. The van der Waals surface area contributed by atoms with Crippen molar-refractivity contribution in [3.8, 4) is 11.5 Å². The van der Waals surface area contributed by atoms with Gasteiger partial charge in [0.25, 0.3) is 11.1 Å². The molecule has 0 unspecified atom stereocenters. The van der Waals surface area contributed by atoms with E-state index in [-0.39, 0.29) is 34.7 Å². The lowest BCUT2D eigenvalue weighted by molar-refractivity contribution is 0.102. The third kappa shape index (κ3) is 6.51. The van der Waals surface area contributed by atoms with Crippen molar-refractivity contribution in [2.45, 2.75) is 64.2 Å². The van der Waals surface area contributed by atoms with Gasteiger partial charge in [0.1, 0.15) is 11.5 Å². The Kier molecular flexibility index (Phi) is 7.44. The number of nitrogens with zero attached hydrogens (tertiary/aromatic N) is 2. The largest absolute Gasteiger partial charge is 0.507 e. The van der Waals surface area contributed by atoms with Crippen LogP contribution in [0.5, 0.6) is 11.5 Å². The Labute approximate surface area is 203 Å². The number of thioether (sulfide) groups is 1. The van der Waals surface area contributed by atoms with Crippen LogP contribution in [-0.2, 0) is 17.4 Å². The number of ketones is 1. The second kappa shape index (κ2) is 9.77. The number of phenols is 1. The number of carbonyl (C=O) groups is 1. The highest BCUT2D eigenvalue weighted by molar-refractivity contribution is 7.99. The lowest BCUT2D eigenvalue weighted by Gasteiger charge is -2.28. The molecule has 6 nitrogen and oxygen atoms in total. The molecule has 3 rings (SSSR count). The zero-order valence-electron chi connectivity index (χ0n) is 19.7. The predicted molar refractivity (Wildman–Crippen MR) is 131 cm³/mol. The topological polar surface area (TPSA) is 85.5 Å². The van der Waals surface area contributed by atoms with E-state index in [2.05, 4.69) is 10.2 Å². The first-order chi connectivity index (χ1) is 15.3. The number of benzene rings is 2. The lowest BCUT2D eigenvalue weighted by Crippen LogP contribution is -2.19. The molecule has 0 fully saturated rings. The molecule has 0 bridgehead atoms. The summed E-state index contributed by atoms with van der Waals surface area (Å²) in [6, 6.07) is 10.5. The molecule has 33 heavy (non-hydrogen) atoms. The van der Waals surface area contributed by atoms with Crippen LogP contribution >= 0.6 is 23.4 Å². The van der Waals surface area contributed by atoms with Crippen LogP contribution in [0.3, 0.4) is 0 Å². The van der Waals surface area contributed by atoms with Gasteiger partial charge >= 0.3 is 0 Å². The summed E-state index contributed by atoms with van der Waals surface area (Å²) in [7, 11) is 0. The molecule has 0 saturated heterocycles. The number of ether oxygens (including phenoxy) is 1. The van der Waals surface area contributed by atoms with Crippen LogP contribution in [0.25, 0.3) is 0 Å². The van der Waals surface area contributed by atoms with Crippen molar-refractivity contribution in [2.24, 2.45) is 0 Å². The molecule has 8 heteroatoms. The molecule has 0 aliphatic heterocycles. The zero-order valence-corrected chi connectivity index (χ0v) is 21.3. The van der Waals surface area contributed by atoms with E-state index < -0.39 is 0 Å². The first kappa shape index (κ1) is 25.1. The highest BCUT2D eigenvalue weighted by atomic mass is 35.5. The SMILES string of the molecule is CC(C)(C)c1cc(C(=O)CSc2nnc(COc3ccc(Cl)cc3)o2)cc(C(C)(C)C)c1O. The second-order valence-corrected chi connectivity index (χ2v) is 11.2. The maximum atomic E-state index is 13.0. The average Bonchev–Trinajstić information content (AvgIpc) is 3.18. The Balaban J connectivity index is 1.69. The highest BCUT2D eigenvalue weighted by Crippen LogP contribution is 2.40. The van der Waals surface area contributed by atoms with Gasteiger partial charge in [-0.2, -0.15) is 0 Å². The number of carbonyl (C=O) groups excluding carboxylic acids is 1. The molecule has 1 aromatic heterocycles. The van der Waals surface area contributed by atoms with E-state index in [1.165, 1.54) is 11.8 Å². The van der Waals surface area contributed by atoms with E-state index >= 15 is 0 Å². The highest BCUT2D eigenvalue weighted by Gasteiger charge is 2.28. The second-order valence-electron chi connectivity index (χ2n) is 9.84. The summed E-state index contributed by atoms with van der Waals surface area (Å²) < 4.78 is 11.2. The fourth-order valence-electron chi connectivity index (χ4n) is 3.18. The van der Waals surface area contributed by atoms with E-state index in [1.807, 2.05) is 41.5 Å².